The van der Waals surface area contributed by atoms with Gasteiger partial charge in [-0.1, -0.05) is 18.2 Å². The highest BCUT2D eigenvalue weighted by molar-refractivity contribution is 6.05. The third kappa shape index (κ3) is 3.81. The minimum atomic E-state index is -0.428. The summed E-state index contributed by atoms with van der Waals surface area (Å²) in [6, 6.07) is 7.26. The molecule has 32 heavy (non-hydrogen) atoms. The molecule has 3 fully saturated rings. The maximum absolute atomic E-state index is 13.4. The standard InChI is InChI=1S/C24H30N4O4/c1-14(29)23-18-8-3-4-9-19(18)27(26-23)13-22(30)28-20-10-15(20)11-21(28)24(31)25-16-6-5-7-17(12-16)32-2/h3-4,8-9,15-17,20-21H,5-7,10-13H2,1-2H3,(H,25,31)/t15-,16-,17+,20-,21+/m1/s1. The molecule has 2 amide bonds. The number of ether oxygens (including phenoxy) is 1. The summed E-state index contributed by atoms with van der Waals surface area (Å²) in [5.74, 6) is 0.115. The molecular formula is C24H30N4O4. The van der Waals surface area contributed by atoms with Crippen LogP contribution in [0.3, 0.4) is 0 Å². The van der Waals surface area contributed by atoms with E-state index in [2.05, 4.69) is 10.4 Å². The molecule has 2 heterocycles. The summed E-state index contributed by atoms with van der Waals surface area (Å²) in [4.78, 5) is 40.3. The predicted octanol–water partition coefficient (Wildman–Crippen LogP) is 2.30. The van der Waals surface area contributed by atoms with Crippen molar-refractivity contribution in [2.75, 3.05) is 7.11 Å². The summed E-state index contributed by atoms with van der Waals surface area (Å²) in [7, 11) is 1.72. The number of likely N-dealkylation sites (tertiary alicyclic amines) is 1. The summed E-state index contributed by atoms with van der Waals surface area (Å²) in [6.45, 7) is 1.51. The quantitative estimate of drug-likeness (QED) is 0.699. The van der Waals surface area contributed by atoms with Gasteiger partial charge in [-0.25, -0.2) is 0 Å². The first-order valence-electron chi connectivity index (χ1n) is 11.6. The first-order valence-corrected chi connectivity index (χ1v) is 11.6. The Kier molecular flexibility index (Phi) is 5.49. The second-order valence-electron chi connectivity index (χ2n) is 9.43. The van der Waals surface area contributed by atoms with Crippen molar-refractivity contribution in [1.29, 1.82) is 0 Å². The zero-order valence-electron chi connectivity index (χ0n) is 18.6. The second kappa shape index (κ2) is 8.31. The Morgan fingerprint density at radius 3 is 2.75 bits per heavy atom. The molecule has 3 aliphatic rings. The SMILES string of the molecule is CO[C@H]1CCC[C@@H](NC(=O)[C@@H]2C[C@H]3C[C@H]3N2C(=O)Cn2nc(C(C)=O)c3ccccc32)C1. The third-order valence-electron chi connectivity index (χ3n) is 7.28. The maximum atomic E-state index is 13.4. The highest BCUT2D eigenvalue weighted by atomic mass is 16.5. The van der Waals surface area contributed by atoms with Crippen molar-refractivity contribution >= 4 is 28.5 Å². The number of hydrogen-bond acceptors (Lipinski definition) is 5. The number of aromatic nitrogens is 2. The second-order valence-corrected chi connectivity index (χ2v) is 9.43. The molecule has 1 saturated heterocycles. The molecule has 8 heteroatoms. The number of Topliss-reactive ketones (excluding diaryl/α,β-unsaturated/α-hetero) is 1. The summed E-state index contributed by atoms with van der Waals surface area (Å²) in [5.41, 5.74) is 1.13. The van der Waals surface area contributed by atoms with E-state index in [0.717, 1.165) is 49.4 Å². The number of ketones is 1. The Labute approximate surface area is 187 Å². The van der Waals surface area contributed by atoms with Crippen LogP contribution in [0, 0.1) is 5.92 Å². The van der Waals surface area contributed by atoms with Crippen molar-refractivity contribution in [2.45, 2.75) is 76.2 Å². The molecule has 0 bridgehead atoms. The van der Waals surface area contributed by atoms with Crippen LogP contribution in [-0.2, 0) is 20.9 Å². The van der Waals surface area contributed by atoms with Crippen LogP contribution in [0.1, 0.15) is 55.9 Å². The molecule has 170 valence electrons. The van der Waals surface area contributed by atoms with E-state index in [1.165, 1.54) is 6.92 Å². The van der Waals surface area contributed by atoms with E-state index in [4.69, 9.17) is 4.74 Å². The van der Waals surface area contributed by atoms with E-state index in [1.54, 1.807) is 16.7 Å². The van der Waals surface area contributed by atoms with Gasteiger partial charge in [0.25, 0.3) is 0 Å². The van der Waals surface area contributed by atoms with Crippen LogP contribution in [-0.4, -0.2) is 63.6 Å². The van der Waals surface area contributed by atoms with E-state index in [1.807, 2.05) is 24.3 Å². The lowest BCUT2D eigenvalue weighted by atomic mass is 9.92. The monoisotopic (exact) mass is 438 g/mol. The minimum absolute atomic E-state index is 0.0238. The molecule has 2 saturated carbocycles. The number of carbonyl (C=O) groups is 3. The van der Waals surface area contributed by atoms with Crippen LogP contribution in [0.2, 0.25) is 0 Å². The molecular weight excluding hydrogens is 408 g/mol. The molecule has 8 nitrogen and oxygen atoms in total. The Morgan fingerprint density at radius 1 is 1.16 bits per heavy atom. The van der Waals surface area contributed by atoms with Gasteiger partial charge >= 0.3 is 0 Å². The number of para-hydroxylation sites is 1. The molecule has 0 radical (unpaired) electrons. The van der Waals surface area contributed by atoms with E-state index >= 15 is 0 Å². The summed E-state index contributed by atoms with van der Waals surface area (Å²) in [5, 5.41) is 8.36. The van der Waals surface area contributed by atoms with Crippen molar-refractivity contribution in [3.8, 4) is 0 Å². The zero-order valence-corrected chi connectivity index (χ0v) is 18.6. The third-order valence-corrected chi connectivity index (χ3v) is 7.28. The van der Waals surface area contributed by atoms with E-state index < -0.39 is 6.04 Å². The summed E-state index contributed by atoms with van der Waals surface area (Å²) < 4.78 is 7.08. The molecule has 2 aromatic rings. The van der Waals surface area contributed by atoms with Gasteiger partial charge in [-0.3, -0.25) is 19.1 Å². The number of nitrogens with zero attached hydrogens (tertiary/aromatic N) is 3. The topological polar surface area (TPSA) is 93.5 Å². The molecule has 1 aromatic heterocycles. The number of benzene rings is 1. The van der Waals surface area contributed by atoms with Crippen molar-refractivity contribution in [2.24, 2.45) is 5.92 Å². The molecule has 5 rings (SSSR count). The molecule has 0 spiro atoms. The average molecular weight is 439 g/mol. The highest BCUT2D eigenvalue weighted by Gasteiger charge is 2.56. The number of nitrogens with one attached hydrogen (secondary N) is 1. The van der Waals surface area contributed by atoms with Crippen LogP contribution in [0.25, 0.3) is 10.9 Å². The Morgan fingerprint density at radius 2 is 1.97 bits per heavy atom. The molecule has 5 atom stereocenters. The maximum Gasteiger partial charge on any atom is 0.245 e. The Balaban J connectivity index is 1.32. The first kappa shape index (κ1) is 21.1. The molecule has 1 aliphatic heterocycles. The molecule has 2 aliphatic carbocycles. The van der Waals surface area contributed by atoms with E-state index in [0.29, 0.717) is 11.6 Å². The van der Waals surface area contributed by atoms with Crippen molar-refractivity contribution in [1.82, 2.24) is 20.0 Å². The minimum Gasteiger partial charge on any atom is -0.381 e. The van der Waals surface area contributed by atoms with Crippen LogP contribution < -0.4 is 5.32 Å². The summed E-state index contributed by atoms with van der Waals surface area (Å²) >= 11 is 0. The van der Waals surface area contributed by atoms with Gasteiger partial charge in [0.1, 0.15) is 18.3 Å². The fourth-order valence-electron chi connectivity index (χ4n) is 5.55. The first-order chi connectivity index (χ1) is 15.5. The van der Waals surface area contributed by atoms with Crippen molar-refractivity contribution in [3.05, 3.63) is 30.0 Å². The van der Waals surface area contributed by atoms with E-state index in [9.17, 15) is 14.4 Å². The lowest BCUT2D eigenvalue weighted by molar-refractivity contribution is -0.140. The lowest BCUT2D eigenvalue weighted by Crippen LogP contribution is -2.52. The number of hydrogen-bond donors (Lipinski definition) is 1. The predicted molar refractivity (Wildman–Crippen MR) is 118 cm³/mol. The van der Waals surface area contributed by atoms with Gasteiger partial charge in [0.15, 0.2) is 5.78 Å². The molecule has 0 unspecified atom stereocenters. The normalized spacial score (nSPS) is 29.1. The number of carbonyl (C=O) groups excluding carboxylic acids is 3. The summed E-state index contributed by atoms with van der Waals surface area (Å²) in [6.07, 6.45) is 5.71. The largest absolute Gasteiger partial charge is 0.381 e. The molecule has 1 N–H and O–H groups in total. The van der Waals surface area contributed by atoms with Gasteiger partial charge in [0, 0.05) is 31.5 Å². The van der Waals surface area contributed by atoms with Crippen molar-refractivity contribution in [3.63, 3.8) is 0 Å². The van der Waals surface area contributed by atoms with Crippen LogP contribution >= 0.6 is 0 Å². The van der Waals surface area contributed by atoms with Gasteiger partial charge in [-0.2, -0.15) is 5.10 Å². The lowest BCUT2D eigenvalue weighted by Gasteiger charge is -2.32. The smallest absolute Gasteiger partial charge is 0.245 e. The highest BCUT2D eigenvalue weighted by Crippen LogP contribution is 2.48. The fraction of sp³-hybridized carbons (Fsp3) is 0.583. The zero-order chi connectivity index (χ0) is 22.4. The number of methoxy groups -OCH3 is 1. The van der Waals surface area contributed by atoms with Crippen molar-refractivity contribution < 1.29 is 19.1 Å². The Bertz CT molecular complexity index is 1060. The number of amides is 2. The van der Waals surface area contributed by atoms with Gasteiger partial charge in [0.2, 0.25) is 11.8 Å². The fourth-order valence-corrected chi connectivity index (χ4v) is 5.55. The number of rotatable bonds is 6. The number of fused-ring (bicyclic) bond motifs is 2. The average Bonchev–Trinajstić information content (AvgIpc) is 3.29. The number of piperidine rings is 1. The molecule has 1 aromatic carbocycles. The van der Waals surface area contributed by atoms with E-state index in [-0.39, 0.29) is 42.3 Å². The van der Waals surface area contributed by atoms with Gasteiger partial charge < -0.3 is 15.0 Å². The van der Waals surface area contributed by atoms with Gasteiger partial charge in [-0.15, -0.1) is 0 Å². The van der Waals surface area contributed by atoms with Gasteiger partial charge in [0.05, 0.1) is 11.6 Å². The van der Waals surface area contributed by atoms with Crippen LogP contribution in [0.15, 0.2) is 24.3 Å². The van der Waals surface area contributed by atoms with Crippen LogP contribution in [0.5, 0.6) is 0 Å². The Hall–Kier alpha value is -2.74. The van der Waals surface area contributed by atoms with Crippen LogP contribution in [0.4, 0.5) is 0 Å². The van der Waals surface area contributed by atoms with Gasteiger partial charge in [-0.05, 0) is 50.5 Å².